The molecule has 0 fully saturated rings. The standard InChI is InChI=1S/C13H29NO2Si/c1-11(2)8-9-16-13(15)12(14)7-6-10-17(3,4)5/h11-12H,6-10,14H2,1-5H3/t12-/m0/s1. The number of rotatable bonds is 8. The number of nitrogens with two attached hydrogens (primary N) is 1. The summed E-state index contributed by atoms with van der Waals surface area (Å²) in [6, 6.07) is 0.790. The van der Waals surface area contributed by atoms with Crippen LogP contribution in [0.15, 0.2) is 0 Å². The molecule has 3 nitrogen and oxygen atoms in total. The van der Waals surface area contributed by atoms with Crippen LogP contribution in [0.5, 0.6) is 0 Å². The molecule has 0 saturated heterocycles. The first-order valence-electron chi connectivity index (χ1n) is 6.64. The SMILES string of the molecule is CC(C)CCOC(=O)[C@@H](N)CCC[Si](C)(C)C. The third-order valence-corrected chi connectivity index (χ3v) is 4.54. The van der Waals surface area contributed by atoms with Gasteiger partial charge in [0.1, 0.15) is 6.04 Å². The molecule has 4 heteroatoms. The Kier molecular flexibility index (Phi) is 7.71. The molecule has 0 radical (unpaired) electrons. The molecule has 0 spiro atoms. The van der Waals surface area contributed by atoms with Crippen LogP contribution < -0.4 is 5.73 Å². The van der Waals surface area contributed by atoms with Crippen LogP contribution in [-0.4, -0.2) is 26.7 Å². The Labute approximate surface area is 107 Å². The molecule has 102 valence electrons. The Morgan fingerprint density at radius 3 is 2.29 bits per heavy atom. The summed E-state index contributed by atoms with van der Waals surface area (Å²) in [5, 5.41) is 0. The van der Waals surface area contributed by atoms with Gasteiger partial charge in [0, 0.05) is 8.07 Å². The minimum atomic E-state index is -1.01. The highest BCUT2D eigenvalue weighted by molar-refractivity contribution is 6.76. The van der Waals surface area contributed by atoms with Crippen LogP contribution in [0.2, 0.25) is 25.7 Å². The van der Waals surface area contributed by atoms with Gasteiger partial charge < -0.3 is 10.5 Å². The van der Waals surface area contributed by atoms with Crippen LogP contribution in [0.3, 0.4) is 0 Å². The minimum Gasteiger partial charge on any atom is -0.465 e. The molecule has 1 atom stereocenters. The van der Waals surface area contributed by atoms with Gasteiger partial charge in [0.25, 0.3) is 0 Å². The van der Waals surface area contributed by atoms with Crippen LogP contribution in [0.1, 0.15) is 33.1 Å². The molecule has 0 unspecified atom stereocenters. The summed E-state index contributed by atoms with van der Waals surface area (Å²) in [4.78, 5) is 11.5. The molecule has 0 heterocycles. The van der Waals surface area contributed by atoms with E-state index in [9.17, 15) is 4.79 Å². The minimum absolute atomic E-state index is 0.235. The van der Waals surface area contributed by atoms with Crippen molar-refractivity contribution in [1.82, 2.24) is 0 Å². The largest absolute Gasteiger partial charge is 0.465 e. The molecule has 17 heavy (non-hydrogen) atoms. The summed E-state index contributed by atoms with van der Waals surface area (Å²) in [6.07, 6.45) is 2.70. The van der Waals surface area contributed by atoms with Crippen LogP contribution in [-0.2, 0) is 9.53 Å². The zero-order valence-corrected chi connectivity index (χ0v) is 13.1. The second kappa shape index (κ2) is 7.87. The average molecular weight is 259 g/mol. The number of ether oxygens (including phenoxy) is 1. The highest BCUT2D eigenvalue weighted by atomic mass is 28.3. The van der Waals surface area contributed by atoms with Gasteiger partial charge in [-0.1, -0.05) is 46.0 Å². The molecule has 0 saturated carbocycles. The Balaban J connectivity index is 3.68. The summed E-state index contributed by atoms with van der Waals surface area (Å²) < 4.78 is 5.14. The van der Waals surface area contributed by atoms with Gasteiger partial charge in [-0.2, -0.15) is 0 Å². The summed E-state index contributed by atoms with van der Waals surface area (Å²) in [6.45, 7) is 11.7. The van der Waals surface area contributed by atoms with Gasteiger partial charge >= 0.3 is 5.97 Å². The normalized spacial score (nSPS) is 13.8. The molecule has 0 aromatic heterocycles. The summed E-state index contributed by atoms with van der Waals surface area (Å²) >= 11 is 0. The predicted molar refractivity (Wildman–Crippen MR) is 75.8 cm³/mol. The van der Waals surface area contributed by atoms with E-state index in [4.69, 9.17) is 10.5 Å². The van der Waals surface area contributed by atoms with Crippen molar-refractivity contribution in [1.29, 1.82) is 0 Å². The fourth-order valence-corrected chi connectivity index (χ4v) is 2.74. The van der Waals surface area contributed by atoms with Crippen molar-refractivity contribution in [2.45, 2.75) is 64.8 Å². The number of hydrogen-bond acceptors (Lipinski definition) is 3. The zero-order chi connectivity index (χ0) is 13.5. The third kappa shape index (κ3) is 10.5. The highest BCUT2D eigenvalue weighted by Crippen LogP contribution is 2.14. The van der Waals surface area contributed by atoms with Crippen LogP contribution in [0.25, 0.3) is 0 Å². The molecule has 0 aliphatic carbocycles. The molecule has 0 bridgehead atoms. The van der Waals surface area contributed by atoms with Gasteiger partial charge in [0.15, 0.2) is 0 Å². The molecule has 0 aliphatic rings. The number of carbonyl (C=O) groups excluding carboxylic acids is 1. The Bertz CT molecular complexity index is 224. The van der Waals surface area contributed by atoms with E-state index in [1.165, 1.54) is 6.04 Å². The first kappa shape index (κ1) is 16.6. The summed E-state index contributed by atoms with van der Waals surface area (Å²) in [5.74, 6) is 0.326. The topological polar surface area (TPSA) is 52.3 Å². The first-order valence-corrected chi connectivity index (χ1v) is 10.4. The van der Waals surface area contributed by atoms with Crippen molar-refractivity contribution in [2.24, 2.45) is 11.7 Å². The van der Waals surface area contributed by atoms with Gasteiger partial charge in [-0.05, 0) is 18.8 Å². The van der Waals surface area contributed by atoms with Crippen LogP contribution in [0.4, 0.5) is 0 Å². The summed E-state index contributed by atoms with van der Waals surface area (Å²) in [5.41, 5.74) is 5.80. The molecular formula is C13H29NO2Si. The lowest BCUT2D eigenvalue weighted by Crippen LogP contribution is -2.33. The number of esters is 1. The van der Waals surface area contributed by atoms with E-state index in [0.717, 1.165) is 19.3 Å². The number of hydrogen-bond donors (Lipinski definition) is 1. The summed E-state index contributed by atoms with van der Waals surface area (Å²) in [7, 11) is -1.01. The lowest BCUT2D eigenvalue weighted by Gasteiger charge is -2.17. The van der Waals surface area contributed by atoms with Gasteiger partial charge in [0.05, 0.1) is 6.61 Å². The van der Waals surface area contributed by atoms with Crippen LogP contribution in [0, 0.1) is 5.92 Å². The van der Waals surface area contributed by atoms with Gasteiger partial charge in [0.2, 0.25) is 0 Å². The average Bonchev–Trinajstić information content (AvgIpc) is 2.14. The number of carbonyl (C=O) groups is 1. The van der Waals surface area contributed by atoms with Gasteiger partial charge in [-0.3, -0.25) is 4.79 Å². The Morgan fingerprint density at radius 2 is 1.82 bits per heavy atom. The molecular weight excluding hydrogens is 230 g/mol. The fraction of sp³-hybridized carbons (Fsp3) is 0.923. The van der Waals surface area contributed by atoms with Crippen molar-refractivity contribution >= 4 is 14.0 Å². The zero-order valence-electron chi connectivity index (χ0n) is 12.1. The quantitative estimate of drug-likeness (QED) is 0.538. The van der Waals surface area contributed by atoms with Gasteiger partial charge in [-0.25, -0.2) is 0 Å². The molecule has 0 rings (SSSR count). The van der Waals surface area contributed by atoms with E-state index < -0.39 is 14.1 Å². The Hall–Kier alpha value is -0.353. The third-order valence-electron chi connectivity index (χ3n) is 2.68. The monoisotopic (exact) mass is 259 g/mol. The molecule has 0 aromatic rings. The van der Waals surface area contributed by atoms with E-state index in [0.29, 0.717) is 12.5 Å². The maximum atomic E-state index is 11.5. The van der Waals surface area contributed by atoms with Gasteiger partial charge in [-0.15, -0.1) is 0 Å². The maximum Gasteiger partial charge on any atom is 0.322 e. The molecule has 0 aliphatic heterocycles. The second-order valence-corrected chi connectivity index (χ2v) is 12.0. The second-order valence-electron chi connectivity index (χ2n) is 6.41. The van der Waals surface area contributed by atoms with Crippen LogP contribution >= 0.6 is 0 Å². The van der Waals surface area contributed by atoms with Crippen molar-refractivity contribution in [2.75, 3.05) is 6.61 Å². The van der Waals surface area contributed by atoms with Crippen molar-refractivity contribution in [3.05, 3.63) is 0 Å². The Morgan fingerprint density at radius 1 is 1.24 bits per heavy atom. The van der Waals surface area contributed by atoms with E-state index in [-0.39, 0.29) is 5.97 Å². The van der Waals surface area contributed by atoms with E-state index in [2.05, 4.69) is 33.5 Å². The fourth-order valence-electron chi connectivity index (χ4n) is 1.47. The lowest BCUT2D eigenvalue weighted by atomic mass is 10.1. The van der Waals surface area contributed by atoms with E-state index >= 15 is 0 Å². The maximum absolute atomic E-state index is 11.5. The van der Waals surface area contributed by atoms with Crippen molar-refractivity contribution in [3.8, 4) is 0 Å². The molecule has 0 aromatic carbocycles. The first-order chi connectivity index (χ1) is 7.72. The van der Waals surface area contributed by atoms with E-state index in [1.54, 1.807) is 0 Å². The van der Waals surface area contributed by atoms with Crippen molar-refractivity contribution in [3.63, 3.8) is 0 Å². The molecule has 2 N–H and O–H groups in total. The van der Waals surface area contributed by atoms with Crippen molar-refractivity contribution < 1.29 is 9.53 Å². The smallest absolute Gasteiger partial charge is 0.322 e. The molecule has 0 amide bonds. The predicted octanol–water partition coefficient (Wildman–Crippen LogP) is 3.02. The highest BCUT2D eigenvalue weighted by Gasteiger charge is 2.17. The van der Waals surface area contributed by atoms with E-state index in [1.807, 2.05) is 0 Å². The lowest BCUT2D eigenvalue weighted by molar-refractivity contribution is -0.145.